The summed E-state index contributed by atoms with van der Waals surface area (Å²) in [5.41, 5.74) is 2.90. The molecule has 0 saturated carbocycles. The van der Waals surface area contributed by atoms with E-state index < -0.39 is 21.6 Å². The minimum atomic E-state index is -3.91. The number of halogens is 1. The zero-order valence-electron chi connectivity index (χ0n) is 21.7. The Bertz CT molecular complexity index is 1990. The van der Waals surface area contributed by atoms with E-state index in [1.165, 1.54) is 53.3 Å². The van der Waals surface area contributed by atoms with E-state index in [0.29, 0.717) is 11.3 Å². The Balaban J connectivity index is 1.34. The molecule has 6 rings (SSSR count). The second-order valence-corrected chi connectivity index (χ2v) is 11.4. The van der Waals surface area contributed by atoms with Crippen molar-refractivity contribution in [3.05, 3.63) is 114 Å². The van der Waals surface area contributed by atoms with Gasteiger partial charge >= 0.3 is 0 Å². The smallest absolute Gasteiger partial charge is 0.251 e. The van der Waals surface area contributed by atoms with E-state index in [1.54, 1.807) is 25.5 Å². The van der Waals surface area contributed by atoms with Crippen LogP contribution in [-0.2, 0) is 29.2 Å². The highest BCUT2D eigenvalue weighted by Gasteiger charge is 2.25. The lowest BCUT2D eigenvalue weighted by Crippen LogP contribution is -2.23. The quantitative estimate of drug-likeness (QED) is 0.287. The van der Waals surface area contributed by atoms with E-state index in [9.17, 15) is 17.6 Å². The van der Waals surface area contributed by atoms with Crippen molar-refractivity contribution in [3.63, 3.8) is 0 Å². The van der Waals surface area contributed by atoms with Crippen LogP contribution in [0.2, 0.25) is 0 Å². The lowest BCUT2D eigenvalue weighted by molar-refractivity contribution is 0.0951. The fourth-order valence-electron chi connectivity index (χ4n) is 4.42. The molecule has 10 nitrogen and oxygen atoms in total. The fraction of sp³-hybridized carbons (Fsp3) is 0.103. The molecule has 206 valence electrons. The first-order chi connectivity index (χ1) is 19.7. The summed E-state index contributed by atoms with van der Waals surface area (Å²) >= 11 is 0. The molecule has 12 heteroatoms. The van der Waals surface area contributed by atoms with Gasteiger partial charge in [-0.1, -0.05) is 0 Å². The number of benzene rings is 2. The van der Waals surface area contributed by atoms with Crippen LogP contribution in [-0.4, -0.2) is 38.5 Å². The van der Waals surface area contributed by atoms with Crippen molar-refractivity contribution >= 4 is 21.4 Å². The second-order valence-electron chi connectivity index (χ2n) is 9.40. The second kappa shape index (κ2) is 10.5. The Kier molecular flexibility index (Phi) is 6.67. The van der Waals surface area contributed by atoms with E-state index in [1.807, 2.05) is 28.9 Å². The summed E-state index contributed by atoms with van der Waals surface area (Å²) in [6, 6.07) is 15.2. The minimum absolute atomic E-state index is 0.0359. The van der Waals surface area contributed by atoms with Gasteiger partial charge in [-0.2, -0.15) is 5.10 Å². The first kappa shape index (κ1) is 26.1. The molecule has 0 aliphatic rings. The van der Waals surface area contributed by atoms with Crippen LogP contribution in [0.3, 0.4) is 0 Å². The van der Waals surface area contributed by atoms with Gasteiger partial charge in [-0.15, -0.1) is 0 Å². The number of rotatable bonds is 8. The fourth-order valence-corrected chi connectivity index (χ4v) is 5.89. The van der Waals surface area contributed by atoms with Crippen molar-refractivity contribution in [1.29, 1.82) is 0 Å². The standard InChI is InChI=1S/C29H23FN6O4S/c1-35-11-9-23(34-35)18-41(38,39)26-7-4-21(28(37)32-16-19-8-12-36-13-10-31-27(36)14-19)15-24(26)25-17-33-29(40-25)20-2-5-22(30)6-3-20/h2-15,17H,16,18H2,1H3,(H,32,37). The zero-order valence-corrected chi connectivity index (χ0v) is 22.5. The topological polar surface area (TPSA) is 124 Å². The number of aromatic nitrogens is 5. The largest absolute Gasteiger partial charge is 0.436 e. The molecule has 0 aliphatic carbocycles. The molecule has 0 bridgehead atoms. The van der Waals surface area contributed by atoms with Crippen LogP contribution in [0.1, 0.15) is 21.6 Å². The molecule has 1 N–H and O–H groups in total. The van der Waals surface area contributed by atoms with Crippen molar-refractivity contribution in [1.82, 2.24) is 29.5 Å². The van der Waals surface area contributed by atoms with Gasteiger partial charge in [-0.25, -0.2) is 22.8 Å². The number of fused-ring (bicyclic) bond motifs is 1. The lowest BCUT2D eigenvalue weighted by Gasteiger charge is -2.11. The van der Waals surface area contributed by atoms with Crippen LogP contribution < -0.4 is 5.32 Å². The highest BCUT2D eigenvalue weighted by molar-refractivity contribution is 7.90. The molecule has 41 heavy (non-hydrogen) atoms. The molecule has 0 unspecified atom stereocenters. The molecule has 4 heterocycles. The van der Waals surface area contributed by atoms with Gasteiger partial charge in [0.2, 0.25) is 5.89 Å². The number of nitrogens with one attached hydrogen (secondary N) is 1. The summed E-state index contributed by atoms with van der Waals surface area (Å²) in [6.07, 6.45) is 8.41. The summed E-state index contributed by atoms with van der Waals surface area (Å²) in [7, 11) is -2.20. The summed E-state index contributed by atoms with van der Waals surface area (Å²) in [6.45, 7) is 0.244. The number of nitrogens with zero attached hydrogens (tertiary/aromatic N) is 5. The van der Waals surface area contributed by atoms with Gasteiger partial charge in [0.05, 0.1) is 22.5 Å². The SMILES string of the molecule is Cn1ccc(CS(=O)(=O)c2ccc(C(=O)NCc3ccn4ccnc4c3)cc2-c2cnc(-c3ccc(F)cc3)o2)n1. The Morgan fingerprint density at radius 3 is 2.61 bits per heavy atom. The van der Waals surface area contributed by atoms with Crippen LogP contribution in [0.15, 0.2) is 101 Å². The van der Waals surface area contributed by atoms with E-state index >= 15 is 0 Å². The van der Waals surface area contributed by atoms with Gasteiger partial charge in [-0.05, 0) is 66.2 Å². The first-order valence-electron chi connectivity index (χ1n) is 12.5. The van der Waals surface area contributed by atoms with Crippen LogP contribution in [0.25, 0.3) is 28.4 Å². The lowest BCUT2D eigenvalue weighted by atomic mass is 10.1. The average Bonchev–Trinajstić information content (AvgIpc) is 3.73. The van der Waals surface area contributed by atoms with Crippen molar-refractivity contribution in [2.45, 2.75) is 17.2 Å². The highest BCUT2D eigenvalue weighted by Crippen LogP contribution is 2.33. The molecule has 2 aromatic carbocycles. The molecule has 1 amide bonds. The third-order valence-electron chi connectivity index (χ3n) is 6.46. The molecule has 4 aromatic heterocycles. The van der Waals surface area contributed by atoms with E-state index in [2.05, 4.69) is 20.4 Å². The van der Waals surface area contributed by atoms with Gasteiger partial charge < -0.3 is 14.1 Å². The van der Waals surface area contributed by atoms with Crippen LogP contribution in [0.4, 0.5) is 4.39 Å². The molecule has 0 fully saturated rings. The van der Waals surface area contributed by atoms with E-state index in [4.69, 9.17) is 4.42 Å². The van der Waals surface area contributed by atoms with E-state index in [0.717, 1.165) is 11.2 Å². The molecular weight excluding hydrogens is 547 g/mol. The Morgan fingerprint density at radius 1 is 1.00 bits per heavy atom. The predicted octanol–water partition coefficient (Wildman–Crippen LogP) is 4.43. The van der Waals surface area contributed by atoms with Crippen molar-refractivity contribution in [3.8, 4) is 22.8 Å². The number of hydrogen-bond acceptors (Lipinski definition) is 7. The van der Waals surface area contributed by atoms with Gasteiger partial charge in [0.1, 0.15) is 11.5 Å². The minimum Gasteiger partial charge on any atom is -0.436 e. The van der Waals surface area contributed by atoms with Crippen LogP contribution >= 0.6 is 0 Å². The first-order valence-corrected chi connectivity index (χ1v) is 14.2. The Labute approximate surface area is 234 Å². The number of carbonyl (C=O) groups excluding carboxylic acids is 1. The zero-order chi connectivity index (χ0) is 28.6. The number of sulfone groups is 1. The van der Waals surface area contributed by atoms with Gasteiger partial charge in [0, 0.05) is 55.1 Å². The van der Waals surface area contributed by atoms with Gasteiger partial charge in [-0.3, -0.25) is 9.48 Å². The average molecular weight is 571 g/mol. The number of carbonyl (C=O) groups is 1. The number of imidazole rings is 1. The Hall–Kier alpha value is -5.10. The highest BCUT2D eigenvalue weighted by atomic mass is 32.2. The van der Waals surface area contributed by atoms with Crippen molar-refractivity contribution < 1.29 is 22.0 Å². The number of pyridine rings is 1. The predicted molar refractivity (Wildman–Crippen MR) is 148 cm³/mol. The van der Waals surface area contributed by atoms with E-state index in [-0.39, 0.29) is 40.0 Å². The third kappa shape index (κ3) is 5.50. The van der Waals surface area contributed by atoms with Gasteiger partial charge in [0.15, 0.2) is 15.6 Å². The number of aryl methyl sites for hydroxylation is 1. The van der Waals surface area contributed by atoms with Crippen LogP contribution in [0.5, 0.6) is 0 Å². The molecule has 0 saturated heterocycles. The molecule has 6 aromatic rings. The normalized spacial score (nSPS) is 11.7. The molecule has 0 aliphatic heterocycles. The Morgan fingerprint density at radius 2 is 1.83 bits per heavy atom. The maximum Gasteiger partial charge on any atom is 0.251 e. The van der Waals surface area contributed by atoms with Gasteiger partial charge in [0.25, 0.3) is 5.91 Å². The molecular formula is C29H23FN6O4S. The monoisotopic (exact) mass is 570 g/mol. The van der Waals surface area contributed by atoms with Crippen molar-refractivity contribution in [2.75, 3.05) is 0 Å². The maximum atomic E-state index is 13.5. The van der Waals surface area contributed by atoms with Crippen molar-refractivity contribution in [2.24, 2.45) is 7.05 Å². The summed E-state index contributed by atoms with van der Waals surface area (Å²) < 4.78 is 49.8. The maximum absolute atomic E-state index is 13.5. The third-order valence-corrected chi connectivity index (χ3v) is 8.16. The summed E-state index contributed by atoms with van der Waals surface area (Å²) in [5, 5.41) is 7.06. The number of hydrogen-bond donors (Lipinski definition) is 1. The van der Waals surface area contributed by atoms with Crippen LogP contribution in [0, 0.1) is 5.82 Å². The number of amides is 1. The summed E-state index contributed by atoms with van der Waals surface area (Å²) in [4.78, 5) is 21.6. The molecule has 0 spiro atoms. The summed E-state index contributed by atoms with van der Waals surface area (Å²) in [5.74, 6) is -0.837. The number of oxazole rings is 1. The molecule has 0 radical (unpaired) electrons. The molecule has 0 atom stereocenters.